The first-order valence-electron chi connectivity index (χ1n) is 10.8. The van der Waals surface area contributed by atoms with Crippen molar-refractivity contribution in [1.29, 1.82) is 0 Å². The van der Waals surface area contributed by atoms with E-state index in [0.717, 1.165) is 5.56 Å². The van der Waals surface area contributed by atoms with E-state index in [9.17, 15) is 9.59 Å². The molecule has 30 heavy (non-hydrogen) atoms. The smallest absolute Gasteiger partial charge is 0.234 e. The van der Waals surface area contributed by atoms with Crippen molar-refractivity contribution in [2.24, 2.45) is 11.8 Å². The molecule has 0 aromatic heterocycles. The molecule has 1 saturated heterocycles. The minimum Gasteiger partial charge on any atom is -0.279 e. The minimum atomic E-state index is -0.287. The van der Waals surface area contributed by atoms with Crippen molar-refractivity contribution in [1.82, 2.24) is 4.90 Å². The van der Waals surface area contributed by atoms with Gasteiger partial charge in [0, 0.05) is 17.9 Å². The predicted molar refractivity (Wildman–Crippen MR) is 115 cm³/mol. The van der Waals surface area contributed by atoms with Crippen LogP contribution in [0.5, 0.6) is 0 Å². The summed E-state index contributed by atoms with van der Waals surface area (Å²) in [4.78, 5) is 29.0. The van der Waals surface area contributed by atoms with E-state index in [0.29, 0.717) is 6.42 Å². The van der Waals surface area contributed by atoms with Crippen LogP contribution in [0.25, 0.3) is 0 Å². The zero-order valence-electron chi connectivity index (χ0n) is 16.9. The van der Waals surface area contributed by atoms with Crippen molar-refractivity contribution in [3.8, 4) is 0 Å². The Kier molecular flexibility index (Phi) is 3.76. The van der Waals surface area contributed by atoms with Gasteiger partial charge in [0.2, 0.25) is 11.8 Å². The van der Waals surface area contributed by atoms with Crippen LogP contribution in [-0.2, 0) is 16.0 Å². The standard InChI is InChI=1S/C27H23NO2/c1-16(15-17-9-3-2-4-10-17)28-26(29)24-22-18-11-5-6-12-19(18)23(25(24)27(28)30)21-14-8-7-13-20(21)22/h2-14,16,22-25H,15H2,1H3/t16-,22?,23?,24+,25+/m1/s1. The molecule has 3 aromatic carbocycles. The number of rotatable bonds is 3. The highest BCUT2D eigenvalue weighted by molar-refractivity contribution is 6.08. The van der Waals surface area contributed by atoms with Gasteiger partial charge in [-0.3, -0.25) is 14.5 Å². The summed E-state index contributed by atoms with van der Waals surface area (Å²) < 4.78 is 0. The van der Waals surface area contributed by atoms with Gasteiger partial charge in [0.25, 0.3) is 0 Å². The van der Waals surface area contributed by atoms with Crippen LogP contribution in [0.1, 0.15) is 46.6 Å². The summed E-state index contributed by atoms with van der Waals surface area (Å²) in [5.41, 5.74) is 6.04. The third-order valence-corrected chi connectivity index (χ3v) is 7.30. The van der Waals surface area contributed by atoms with Crippen LogP contribution >= 0.6 is 0 Å². The number of carbonyl (C=O) groups is 2. The van der Waals surface area contributed by atoms with E-state index < -0.39 is 0 Å². The zero-order valence-corrected chi connectivity index (χ0v) is 16.9. The van der Waals surface area contributed by atoms with Gasteiger partial charge >= 0.3 is 0 Å². The Morgan fingerprint density at radius 1 is 0.667 bits per heavy atom. The quantitative estimate of drug-likeness (QED) is 0.614. The first-order chi connectivity index (χ1) is 14.7. The Bertz CT molecular complexity index is 1050. The molecule has 3 nitrogen and oxygen atoms in total. The van der Waals surface area contributed by atoms with Gasteiger partial charge in [-0.25, -0.2) is 0 Å². The second-order valence-electron chi connectivity index (χ2n) is 8.85. The van der Waals surface area contributed by atoms with Crippen molar-refractivity contribution in [3.63, 3.8) is 0 Å². The number of amides is 2. The molecule has 1 heterocycles. The van der Waals surface area contributed by atoms with E-state index >= 15 is 0 Å². The number of hydrogen-bond acceptors (Lipinski definition) is 2. The lowest BCUT2D eigenvalue weighted by Gasteiger charge is -2.45. The molecule has 1 aliphatic heterocycles. The molecule has 3 heteroatoms. The lowest BCUT2D eigenvalue weighted by molar-refractivity contribution is -0.142. The van der Waals surface area contributed by atoms with Crippen LogP contribution < -0.4 is 0 Å². The van der Waals surface area contributed by atoms with E-state index in [1.165, 1.54) is 22.3 Å². The highest BCUT2D eigenvalue weighted by Crippen LogP contribution is 2.61. The molecule has 7 rings (SSSR count). The van der Waals surface area contributed by atoms with E-state index in [1.54, 1.807) is 4.90 Å². The fourth-order valence-electron chi connectivity index (χ4n) is 6.18. The lowest BCUT2D eigenvalue weighted by Crippen LogP contribution is -2.41. The predicted octanol–water partition coefficient (Wildman–Crippen LogP) is 4.51. The van der Waals surface area contributed by atoms with Crippen LogP contribution in [0.15, 0.2) is 78.9 Å². The maximum atomic E-state index is 13.7. The normalized spacial score (nSPS) is 26.9. The summed E-state index contributed by atoms with van der Waals surface area (Å²) in [7, 11) is 0. The van der Waals surface area contributed by atoms with Gasteiger partial charge in [-0.05, 0) is 41.2 Å². The van der Waals surface area contributed by atoms with Gasteiger partial charge in [-0.15, -0.1) is 0 Å². The van der Waals surface area contributed by atoms with Crippen molar-refractivity contribution in [2.75, 3.05) is 0 Å². The Balaban J connectivity index is 1.44. The average Bonchev–Trinajstić information content (AvgIpc) is 3.05. The Morgan fingerprint density at radius 3 is 1.50 bits per heavy atom. The molecule has 2 amide bonds. The molecule has 3 atom stereocenters. The Morgan fingerprint density at radius 2 is 1.07 bits per heavy atom. The second-order valence-corrected chi connectivity index (χ2v) is 8.85. The van der Waals surface area contributed by atoms with Gasteiger partial charge in [0.1, 0.15) is 0 Å². The molecule has 3 aromatic rings. The molecule has 0 radical (unpaired) electrons. The van der Waals surface area contributed by atoms with Crippen LogP contribution in [0, 0.1) is 11.8 Å². The van der Waals surface area contributed by atoms with E-state index in [4.69, 9.17) is 0 Å². The average molecular weight is 393 g/mol. The zero-order chi connectivity index (χ0) is 20.4. The molecule has 0 spiro atoms. The summed E-state index contributed by atoms with van der Waals surface area (Å²) in [5.74, 6) is -0.619. The van der Waals surface area contributed by atoms with Crippen molar-refractivity contribution in [2.45, 2.75) is 31.2 Å². The third-order valence-electron chi connectivity index (χ3n) is 7.30. The Labute approximate surface area is 176 Å². The largest absolute Gasteiger partial charge is 0.279 e. The molecule has 0 saturated carbocycles. The summed E-state index contributed by atoms with van der Waals surface area (Å²) in [5, 5.41) is 0. The highest BCUT2D eigenvalue weighted by Gasteiger charge is 2.61. The molecule has 3 aliphatic carbocycles. The number of benzene rings is 3. The summed E-state index contributed by atoms with van der Waals surface area (Å²) in [6, 6.07) is 26.7. The fraction of sp³-hybridized carbons (Fsp3) is 0.259. The number of carbonyl (C=O) groups excluding carboxylic acids is 2. The summed E-state index contributed by atoms with van der Waals surface area (Å²) >= 11 is 0. The van der Waals surface area contributed by atoms with Crippen molar-refractivity contribution in [3.05, 3.63) is 107 Å². The SMILES string of the molecule is C[C@H](Cc1ccccc1)N1C(=O)[C@H]2C3c4ccccc4C(c4ccccc43)[C@@H]2C1=O. The molecule has 1 fully saturated rings. The molecule has 148 valence electrons. The van der Waals surface area contributed by atoms with Gasteiger partial charge in [0.05, 0.1) is 11.8 Å². The third kappa shape index (κ3) is 2.26. The van der Waals surface area contributed by atoms with Gasteiger partial charge < -0.3 is 0 Å². The van der Waals surface area contributed by atoms with E-state index in [-0.39, 0.29) is 41.5 Å². The minimum absolute atomic E-state index is 0.00689. The number of hydrogen-bond donors (Lipinski definition) is 0. The van der Waals surface area contributed by atoms with E-state index in [1.807, 2.05) is 49.4 Å². The van der Waals surface area contributed by atoms with Crippen molar-refractivity contribution >= 4 is 11.8 Å². The first-order valence-corrected chi connectivity index (χ1v) is 10.8. The van der Waals surface area contributed by atoms with Gasteiger partial charge in [-0.1, -0.05) is 78.9 Å². The molecule has 0 N–H and O–H groups in total. The van der Waals surface area contributed by atoms with Crippen LogP contribution in [0.4, 0.5) is 0 Å². The lowest BCUT2D eigenvalue weighted by atomic mass is 9.55. The van der Waals surface area contributed by atoms with Gasteiger partial charge in [0.15, 0.2) is 0 Å². The van der Waals surface area contributed by atoms with Crippen molar-refractivity contribution < 1.29 is 9.59 Å². The molecule has 2 bridgehead atoms. The second kappa shape index (κ2) is 6.40. The van der Waals surface area contributed by atoms with Gasteiger partial charge in [-0.2, -0.15) is 0 Å². The Hall–Kier alpha value is -3.20. The number of imide groups is 1. The molecule has 0 unspecified atom stereocenters. The summed E-state index contributed by atoms with van der Waals surface area (Å²) in [6.07, 6.45) is 0.687. The highest BCUT2D eigenvalue weighted by atomic mass is 16.2. The van der Waals surface area contributed by atoms with Crippen LogP contribution in [0.3, 0.4) is 0 Å². The number of nitrogens with zero attached hydrogens (tertiary/aromatic N) is 1. The topological polar surface area (TPSA) is 37.4 Å². The number of likely N-dealkylation sites (tertiary alicyclic amines) is 1. The first kappa shape index (κ1) is 17.6. The molecule has 4 aliphatic rings. The van der Waals surface area contributed by atoms with Crippen LogP contribution in [-0.4, -0.2) is 22.8 Å². The van der Waals surface area contributed by atoms with E-state index in [2.05, 4.69) is 36.4 Å². The summed E-state index contributed by atoms with van der Waals surface area (Å²) in [6.45, 7) is 2.00. The fourth-order valence-corrected chi connectivity index (χ4v) is 6.18. The molecular weight excluding hydrogens is 370 g/mol. The maximum absolute atomic E-state index is 13.7. The maximum Gasteiger partial charge on any atom is 0.234 e. The monoisotopic (exact) mass is 393 g/mol. The van der Waals surface area contributed by atoms with Crippen LogP contribution in [0.2, 0.25) is 0 Å². The molecular formula is C27H23NO2.